The van der Waals surface area contributed by atoms with Gasteiger partial charge in [0.1, 0.15) is 10.7 Å². The van der Waals surface area contributed by atoms with E-state index in [-0.39, 0.29) is 22.8 Å². The quantitative estimate of drug-likeness (QED) is 0.727. The molecular formula is C26H31N3O3S. The van der Waals surface area contributed by atoms with Crippen molar-refractivity contribution < 1.29 is 13.2 Å². The Morgan fingerprint density at radius 1 is 1.03 bits per heavy atom. The standard InChI is InChI=1S/C26H31N3O3S/c1-17-10-11-23(16-18(17)2)24-19(3)25(28-33(24,31)32)29-14-12-22(13-15-29)26(30)27-20(4)21-8-6-5-7-9-21/h5-11,16,20,22H,12-15H2,1-4H3,(H,27,30)/t20-/m1/s1. The molecule has 2 aromatic carbocycles. The number of amidine groups is 1. The number of hydrogen-bond acceptors (Lipinski definition) is 4. The van der Waals surface area contributed by atoms with Crippen molar-refractivity contribution in [3.05, 3.63) is 76.4 Å². The number of aryl methyl sites for hydroxylation is 2. The predicted octanol–water partition coefficient (Wildman–Crippen LogP) is 4.37. The van der Waals surface area contributed by atoms with Crippen molar-refractivity contribution >= 4 is 26.7 Å². The van der Waals surface area contributed by atoms with E-state index in [0.717, 1.165) is 16.7 Å². The number of hydrogen-bond donors (Lipinski definition) is 1. The van der Waals surface area contributed by atoms with Gasteiger partial charge in [0.25, 0.3) is 10.0 Å². The van der Waals surface area contributed by atoms with Crippen molar-refractivity contribution in [3.8, 4) is 0 Å². The van der Waals surface area contributed by atoms with Crippen LogP contribution in [0.2, 0.25) is 0 Å². The van der Waals surface area contributed by atoms with E-state index >= 15 is 0 Å². The number of rotatable bonds is 4. The third-order valence-electron chi connectivity index (χ3n) is 6.73. The summed E-state index contributed by atoms with van der Waals surface area (Å²) in [5.41, 5.74) is 4.61. The summed E-state index contributed by atoms with van der Waals surface area (Å²) in [5, 5.41) is 3.12. The number of sulfonamides is 1. The van der Waals surface area contributed by atoms with Crippen LogP contribution in [0.3, 0.4) is 0 Å². The second kappa shape index (κ2) is 9.14. The highest BCUT2D eigenvalue weighted by Gasteiger charge is 2.36. The zero-order valence-corrected chi connectivity index (χ0v) is 20.4. The molecule has 1 fully saturated rings. The first kappa shape index (κ1) is 23.2. The number of piperidine rings is 1. The molecular weight excluding hydrogens is 434 g/mol. The van der Waals surface area contributed by atoms with Gasteiger partial charge in [-0.3, -0.25) is 4.79 Å². The van der Waals surface area contributed by atoms with Crippen LogP contribution in [0.25, 0.3) is 4.91 Å². The highest BCUT2D eigenvalue weighted by Crippen LogP contribution is 2.35. The van der Waals surface area contributed by atoms with Gasteiger partial charge in [0.05, 0.1) is 6.04 Å². The fraction of sp³-hybridized carbons (Fsp3) is 0.385. The molecule has 2 aliphatic heterocycles. The number of carbonyl (C=O) groups excluding carboxylic acids is 1. The summed E-state index contributed by atoms with van der Waals surface area (Å²) >= 11 is 0. The zero-order chi connectivity index (χ0) is 23.8. The van der Waals surface area contributed by atoms with Crippen molar-refractivity contribution in [2.24, 2.45) is 10.3 Å². The second-order valence-electron chi connectivity index (χ2n) is 9.05. The summed E-state index contributed by atoms with van der Waals surface area (Å²) in [7, 11) is -3.75. The molecule has 0 unspecified atom stereocenters. The maximum atomic E-state index is 12.9. The highest BCUT2D eigenvalue weighted by atomic mass is 32.2. The number of likely N-dealkylation sites (tertiary alicyclic amines) is 1. The van der Waals surface area contributed by atoms with Crippen LogP contribution in [-0.2, 0) is 14.8 Å². The molecule has 4 rings (SSSR count). The molecule has 2 heterocycles. The van der Waals surface area contributed by atoms with Crippen LogP contribution >= 0.6 is 0 Å². The van der Waals surface area contributed by atoms with E-state index in [0.29, 0.717) is 42.9 Å². The SMILES string of the molecule is CC1=C(c2ccc(C)c(C)c2)S(=O)(=O)N=C1N1CCC(C(=O)N[C@H](C)c2ccccc2)CC1. The third kappa shape index (κ3) is 4.74. The summed E-state index contributed by atoms with van der Waals surface area (Å²) < 4.78 is 30.0. The van der Waals surface area contributed by atoms with Crippen LogP contribution in [0.15, 0.2) is 58.5 Å². The normalized spacial score (nSPS) is 19.4. The van der Waals surface area contributed by atoms with Crippen molar-refractivity contribution in [1.82, 2.24) is 10.2 Å². The van der Waals surface area contributed by atoms with E-state index in [9.17, 15) is 13.2 Å². The summed E-state index contributed by atoms with van der Waals surface area (Å²) in [6.07, 6.45) is 1.33. The maximum absolute atomic E-state index is 12.9. The summed E-state index contributed by atoms with van der Waals surface area (Å²) in [6, 6.07) is 15.6. The second-order valence-corrected chi connectivity index (χ2v) is 10.6. The molecule has 7 heteroatoms. The van der Waals surface area contributed by atoms with Crippen LogP contribution in [0.4, 0.5) is 0 Å². The average Bonchev–Trinajstić information content (AvgIpc) is 3.05. The highest BCUT2D eigenvalue weighted by molar-refractivity contribution is 8.00. The monoisotopic (exact) mass is 465 g/mol. The minimum absolute atomic E-state index is 0.0493. The van der Waals surface area contributed by atoms with Crippen LogP contribution in [0.5, 0.6) is 0 Å². The Labute approximate surface area is 196 Å². The fourth-order valence-corrected chi connectivity index (χ4v) is 6.05. The molecule has 0 radical (unpaired) electrons. The Bertz CT molecular complexity index is 1220. The molecule has 2 aliphatic rings. The van der Waals surface area contributed by atoms with Gasteiger partial charge in [-0.1, -0.05) is 48.5 Å². The first-order valence-corrected chi connectivity index (χ1v) is 12.9. The Morgan fingerprint density at radius 2 is 1.70 bits per heavy atom. The lowest BCUT2D eigenvalue weighted by Crippen LogP contribution is -2.43. The van der Waals surface area contributed by atoms with E-state index in [1.807, 2.05) is 81.1 Å². The Hall–Kier alpha value is -2.93. The fourth-order valence-electron chi connectivity index (χ4n) is 4.58. The number of nitrogens with zero attached hydrogens (tertiary/aromatic N) is 2. The first-order chi connectivity index (χ1) is 15.7. The molecule has 0 saturated carbocycles. The summed E-state index contributed by atoms with van der Waals surface area (Å²) in [6.45, 7) is 9.00. The Kier molecular flexibility index (Phi) is 6.43. The molecule has 0 bridgehead atoms. The van der Waals surface area contributed by atoms with Gasteiger partial charge in [-0.15, -0.1) is 4.40 Å². The van der Waals surface area contributed by atoms with Crippen molar-refractivity contribution in [3.63, 3.8) is 0 Å². The van der Waals surface area contributed by atoms with Crippen LogP contribution < -0.4 is 5.32 Å². The van der Waals surface area contributed by atoms with Crippen LogP contribution in [0.1, 0.15) is 55.0 Å². The van der Waals surface area contributed by atoms with E-state index in [2.05, 4.69) is 9.71 Å². The molecule has 0 aliphatic carbocycles. The maximum Gasteiger partial charge on any atom is 0.285 e. The largest absolute Gasteiger partial charge is 0.356 e. The van der Waals surface area contributed by atoms with Crippen LogP contribution in [-0.4, -0.2) is 38.2 Å². The van der Waals surface area contributed by atoms with E-state index in [4.69, 9.17) is 0 Å². The number of amides is 1. The molecule has 6 nitrogen and oxygen atoms in total. The van der Waals surface area contributed by atoms with E-state index in [1.54, 1.807) is 0 Å². The smallest absolute Gasteiger partial charge is 0.285 e. The van der Waals surface area contributed by atoms with Crippen molar-refractivity contribution in [2.75, 3.05) is 13.1 Å². The molecule has 1 N–H and O–H groups in total. The van der Waals surface area contributed by atoms with Gasteiger partial charge < -0.3 is 10.2 Å². The number of benzene rings is 2. The molecule has 174 valence electrons. The molecule has 33 heavy (non-hydrogen) atoms. The number of carbonyl (C=O) groups is 1. The van der Waals surface area contributed by atoms with Crippen molar-refractivity contribution in [2.45, 2.75) is 46.6 Å². The zero-order valence-electron chi connectivity index (χ0n) is 19.6. The predicted molar refractivity (Wildman–Crippen MR) is 132 cm³/mol. The third-order valence-corrected chi connectivity index (χ3v) is 8.20. The number of nitrogens with one attached hydrogen (secondary N) is 1. The molecule has 0 spiro atoms. The minimum atomic E-state index is -3.75. The molecule has 2 aromatic rings. The first-order valence-electron chi connectivity index (χ1n) is 11.4. The van der Waals surface area contributed by atoms with E-state index < -0.39 is 10.0 Å². The topological polar surface area (TPSA) is 78.8 Å². The van der Waals surface area contributed by atoms with Gasteiger partial charge >= 0.3 is 0 Å². The van der Waals surface area contributed by atoms with Crippen molar-refractivity contribution in [1.29, 1.82) is 0 Å². The lowest BCUT2D eigenvalue weighted by molar-refractivity contribution is -0.126. The summed E-state index contributed by atoms with van der Waals surface area (Å²) in [5.74, 6) is 0.476. The average molecular weight is 466 g/mol. The van der Waals surface area contributed by atoms with Crippen LogP contribution in [0, 0.1) is 19.8 Å². The lowest BCUT2D eigenvalue weighted by atomic mass is 9.94. The van der Waals surface area contributed by atoms with Gasteiger partial charge in [-0.05, 0) is 62.8 Å². The molecule has 0 aromatic heterocycles. The van der Waals surface area contributed by atoms with Gasteiger partial charge in [0, 0.05) is 24.6 Å². The Morgan fingerprint density at radius 3 is 2.33 bits per heavy atom. The minimum Gasteiger partial charge on any atom is -0.356 e. The van der Waals surface area contributed by atoms with Gasteiger partial charge in [-0.2, -0.15) is 8.42 Å². The van der Waals surface area contributed by atoms with Gasteiger partial charge in [0.15, 0.2) is 0 Å². The summed E-state index contributed by atoms with van der Waals surface area (Å²) in [4.78, 5) is 15.1. The van der Waals surface area contributed by atoms with Gasteiger partial charge in [0.2, 0.25) is 5.91 Å². The molecule has 1 amide bonds. The molecule has 1 saturated heterocycles. The van der Waals surface area contributed by atoms with E-state index in [1.165, 1.54) is 0 Å². The lowest BCUT2D eigenvalue weighted by Gasteiger charge is -2.33. The molecule has 1 atom stereocenters. The van der Waals surface area contributed by atoms with Gasteiger partial charge in [-0.25, -0.2) is 0 Å². The Balaban J connectivity index is 1.44.